The third-order valence-electron chi connectivity index (χ3n) is 4.55. The van der Waals surface area contributed by atoms with Crippen molar-refractivity contribution in [2.45, 2.75) is 39.7 Å². The summed E-state index contributed by atoms with van der Waals surface area (Å²) in [5.74, 6) is 2.26. The molecule has 2 aromatic rings. The highest BCUT2D eigenvalue weighted by molar-refractivity contribution is 7.13. The highest BCUT2D eigenvalue weighted by Crippen LogP contribution is 2.23. The first-order valence-corrected chi connectivity index (χ1v) is 9.86. The van der Waals surface area contributed by atoms with Crippen molar-refractivity contribution in [1.29, 1.82) is 0 Å². The molecule has 1 aliphatic rings. The van der Waals surface area contributed by atoms with Gasteiger partial charge in [-0.25, -0.2) is 0 Å². The predicted octanol–water partition coefficient (Wildman–Crippen LogP) is 3.17. The Labute approximate surface area is 152 Å². The number of rotatable bonds is 7. The molecule has 136 valence electrons. The number of hydrogen-bond donors (Lipinski definition) is 1. The molecule has 25 heavy (non-hydrogen) atoms. The quantitative estimate of drug-likeness (QED) is 0.819. The third kappa shape index (κ3) is 5.12. The molecule has 0 aliphatic carbocycles. The number of amides is 1. The van der Waals surface area contributed by atoms with Crippen LogP contribution in [-0.2, 0) is 11.3 Å². The minimum Gasteiger partial charge on any atom is -0.356 e. The molecule has 1 amide bonds. The molecule has 0 bridgehead atoms. The van der Waals surface area contributed by atoms with E-state index in [-0.39, 0.29) is 11.8 Å². The van der Waals surface area contributed by atoms with Crippen LogP contribution in [0.3, 0.4) is 0 Å². The Morgan fingerprint density at radius 3 is 2.92 bits per heavy atom. The third-order valence-corrected chi connectivity index (χ3v) is 5.41. The van der Waals surface area contributed by atoms with Crippen molar-refractivity contribution < 1.29 is 9.32 Å². The number of nitrogens with zero attached hydrogens (tertiary/aromatic N) is 3. The van der Waals surface area contributed by atoms with Crippen LogP contribution in [0.25, 0.3) is 10.7 Å². The number of piperidine rings is 1. The van der Waals surface area contributed by atoms with Crippen molar-refractivity contribution in [3.05, 3.63) is 23.4 Å². The average Bonchev–Trinajstić information content (AvgIpc) is 3.26. The van der Waals surface area contributed by atoms with Crippen molar-refractivity contribution in [3.8, 4) is 10.7 Å². The molecule has 0 unspecified atom stereocenters. The van der Waals surface area contributed by atoms with Crippen LogP contribution in [0.15, 0.2) is 22.0 Å². The highest BCUT2D eigenvalue weighted by Gasteiger charge is 2.25. The number of aromatic nitrogens is 2. The fourth-order valence-electron chi connectivity index (χ4n) is 3.00. The topological polar surface area (TPSA) is 71.3 Å². The number of nitrogens with one attached hydrogen (secondary N) is 1. The summed E-state index contributed by atoms with van der Waals surface area (Å²) < 4.78 is 5.37. The Hall–Kier alpha value is -1.73. The lowest BCUT2D eigenvalue weighted by Gasteiger charge is -2.30. The van der Waals surface area contributed by atoms with E-state index in [4.69, 9.17) is 4.52 Å². The largest absolute Gasteiger partial charge is 0.356 e. The summed E-state index contributed by atoms with van der Waals surface area (Å²) in [5.41, 5.74) is 0. The van der Waals surface area contributed by atoms with Gasteiger partial charge in [0.2, 0.25) is 17.6 Å². The lowest BCUT2D eigenvalue weighted by molar-refractivity contribution is -0.126. The summed E-state index contributed by atoms with van der Waals surface area (Å²) >= 11 is 1.60. The Balaban J connectivity index is 1.43. The van der Waals surface area contributed by atoms with Gasteiger partial charge in [-0.3, -0.25) is 9.69 Å². The second-order valence-electron chi connectivity index (χ2n) is 7.01. The van der Waals surface area contributed by atoms with Gasteiger partial charge in [0.05, 0.1) is 11.4 Å². The van der Waals surface area contributed by atoms with E-state index in [1.54, 1.807) is 11.3 Å². The van der Waals surface area contributed by atoms with Crippen LogP contribution in [-0.4, -0.2) is 40.6 Å². The van der Waals surface area contributed by atoms with Crippen LogP contribution in [0.1, 0.15) is 39.0 Å². The molecular formula is C18H26N4O2S. The maximum Gasteiger partial charge on any atom is 0.241 e. The molecule has 0 saturated carbocycles. The van der Waals surface area contributed by atoms with Crippen LogP contribution in [0.2, 0.25) is 0 Å². The summed E-state index contributed by atoms with van der Waals surface area (Å²) in [4.78, 5) is 20.0. The van der Waals surface area contributed by atoms with Crippen molar-refractivity contribution in [2.24, 2.45) is 11.8 Å². The van der Waals surface area contributed by atoms with Crippen LogP contribution < -0.4 is 5.32 Å². The lowest BCUT2D eigenvalue weighted by atomic mass is 9.96. The summed E-state index contributed by atoms with van der Waals surface area (Å²) in [5, 5.41) is 9.12. The van der Waals surface area contributed by atoms with Gasteiger partial charge in [-0.05, 0) is 49.7 Å². The van der Waals surface area contributed by atoms with Gasteiger partial charge in [-0.2, -0.15) is 4.98 Å². The van der Waals surface area contributed by atoms with E-state index in [1.165, 1.54) is 0 Å². The molecule has 3 heterocycles. The molecule has 0 atom stereocenters. The first-order chi connectivity index (χ1) is 12.1. The number of likely N-dealkylation sites (tertiary alicyclic amines) is 1. The van der Waals surface area contributed by atoms with Gasteiger partial charge in [-0.15, -0.1) is 11.3 Å². The molecule has 2 aromatic heterocycles. The highest BCUT2D eigenvalue weighted by atomic mass is 32.1. The monoisotopic (exact) mass is 362 g/mol. The zero-order valence-electron chi connectivity index (χ0n) is 14.9. The van der Waals surface area contributed by atoms with Gasteiger partial charge in [-0.1, -0.05) is 25.1 Å². The molecule has 6 nitrogen and oxygen atoms in total. The van der Waals surface area contributed by atoms with Gasteiger partial charge in [0.15, 0.2) is 0 Å². The minimum absolute atomic E-state index is 0.132. The van der Waals surface area contributed by atoms with E-state index < -0.39 is 0 Å². The molecule has 0 radical (unpaired) electrons. The Bertz CT molecular complexity index is 660. The van der Waals surface area contributed by atoms with E-state index in [0.29, 0.717) is 24.2 Å². The normalized spacial score (nSPS) is 16.4. The summed E-state index contributed by atoms with van der Waals surface area (Å²) in [6.07, 6.45) is 2.81. The molecule has 1 fully saturated rings. The Morgan fingerprint density at radius 2 is 2.24 bits per heavy atom. The van der Waals surface area contributed by atoms with Crippen molar-refractivity contribution in [1.82, 2.24) is 20.4 Å². The number of carbonyl (C=O) groups is 1. The molecule has 0 spiro atoms. The Morgan fingerprint density at radius 1 is 1.44 bits per heavy atom. The molecule has 0 aromatic carbocycles. The molecule has 1 saturated heterocycles. The zero-order valence-corrected chi connectivity index (χ0v) is 15.7. The van der Waals surface area contributed by atoms with E-state index in [2.05, 4.69) is 34.2 Å². The lowest BCUT2D eigenvalue weighted by Crippen LogP contribution is -2.40. The standard InChI is InChI=1S/C18H26N4O2S/c1-13(2)5-8-19-18(23)14-6-9-22(10-7-14)12-16-20-17(21-24-16)15-4-3-11-25-15/h3-4,11,13-14H,5-10,12H2,1-2H3,(H,19,23). The van der Waals surface area contributed by atoms with Crippen molar-refractivity contribution in [3.63, 3.8) is 0 Å². The minimum atomic E-state index is 0.132. The average molecular weight is 362 g/mol. The molecular weight excluding hydrogens is 336 g/mol. The maximum atomic E-state index is 12.2. The van der Waals surface area contributed by atoms with E-state index in [1.807, 2.05) is 17.5 Å². The molecule has 3 rings (SSSR count). The molecule has 1 aliphatic heterocycles. The van der Waals surface area contributed by atoms with Gasteiger partial charge in [0.25, 0.3) is 0 Å². The Kier molecular flexibility index (Phi) is 6.20. The molecule has 1 N–H and O–H groups in total. The summed E-state index contributed by atoms with van der Waals surface area (Å²) in [6, 6.07) is 3.97. The summed E-state index contributed by atoms with van der Waals surface area (Å²) in [7, 11) is 0. The van der Waals surface area contributed by atoms with Gasteiger partial charge >= 0.3 is 0 Å². The second kappa shape index (κ2) is 8.58. The zero-order chi connectivity index (χ0) is 17.6. The number of hydrogen-bond acceptors (Lipinski definition) is 6. The smallest absolute Gasteiger partial charge is 0.241 e. The molecule has 7 heteroatoms. The SMILES string of the molecule is CC(C)CCNC(=O)C1CCN(Cc2nc(-c3cccs3)no2)CC1. The fourth-order valence-corrected chi connectivity index (χ4v) is 3.65. The maximum absolute atomic E-state index is 12.2. The van der Waals surface area contributed by atoms with Crippen LogP contribution in [0.4, 0.5) is 0 Å². The van der Waals surface area contributed by atoms with Gasteiger partial charge < -0.3 is 9.84 Å². The van der Waals surface area contributed by atoms with E-state index >= 15 is 0 Å². The predicted molar refractivity (Wildman–Crippen MR) is 98.1 cm³/mol. The van der Waals surface area contributed by atoms with E-state index in [9.17, 15) is 4.79 Å². The van der Waals surface area contributed by atoms with Crippen molar-refractivity contribution in [2.75, 3.05) is 19.6 Å². The van der Waals surface area contributed by atoms with Crippen molar-refractivity contribution >= 4 is 17.2 Å². The number of carbonyl (C=O) groups excluding carboxylic acids is 1. The van der Waals surface area contributed by atoms with Crippen LogP contribution in [0.5, 0.6) is 0 Å². The van der Waals surface area contributed by atoms with Crippen LogP contribution >= 0.6 is 11.3 Å². The van der Waals surface area contributed by atoms with Gasteiger partial charge in [0, 0.05) is 12.5 Å². The summed E-state index contributed by atoms with van der Waals surface area (Å²) in [6.45, 7) is 7.56. The van der Waals surface area contributed by atoms with Crippen LogP contribution in [0, 0.1) is 11.8 Å². The number of thiophene rings is 1. The second-order valence-corrected chi connectivity index (χ2v) is 7.96. The first-order valence-electron chi connectivity index (χ1n) is 8.98. The van der Waals surface area contributed by atoms with E-state index in [0.717, 1.165) is 43.8 Å². The van der Waals surface area contributed by atoms with Gasteiger partial charge in [0.1, 0.15) is 0 Å². The first kappa shape index (κ1) is 18.1. The fraction of sp³-hybridized carbons (Fsp3) is 0.611.